The van der Waals surface area contributed by atoms with Crippen molar-refractivity contribution < 1.29 is 24.5 Å². The highest BCUT2D eigenvalue weighted by molar-refractivity contribution is 6.07. The van der Waals surface area contributed by atoms with Gasteiger partial charge in [-0.15, -0.1) is 0 Å². The molecular formula is C17H16O5. The Hall–Kier alpha value is -2.95. The van der Waals surface area contributed by atoms with Crippen LogP contribution in [-0.2, 0) is 0 Å². The van der Waals surface area contributed by atoms with Crippen LogP contribution in [0.5, 0.6) is 23.0 Å². The minimum atomic E-state index is -0.328. The first kappa shape index (κ1) is 15.4. The first-order valence-corrected chi connectivity index (χ1v) is 6.51. The van der Waals surface area contributed by atoms with Crippen molar-refractivity contribution in [3.63, 3.8) is 0 Å². The Bertz CT molecular complexity index is 719. The lowest BCUT2D eigenvalue weighted by Crippen LogP contribution is -1.94. The Balaban J connectivity index is 2.20. The minimum Gasteiger partial charge on any atom is -0.504 e. The van der Waals surface area contributed by atoms with Gasteiger partial charge in [-0.2, -0.15) is 0 Å². The van der Waals surface area contributed by atoms with Crippen molar-refractivity contribution in [2.75, 3.05) is 14.2 Å². The third kappa shape index (κ3) is 3.38. The molecule has 5 nitrogen and oxygen atoms in total. The summed E-state index contributed by atoms with van der Waals surface area (Å²) < 4.78 is 10.3. The molecule has 0 saturated heterocycles. The van der Waals surface area contributed by atoms with Crippen LogP contribution in [0.4, 0.5) is 0 Å². The summed E-state index contributed by atoms with van der Waals surface area (Å²) in [7, 11) is 3.09. The lowest BCUT2D eigenvalue weighted by atomic mass is 10.1. The molecule has 0 radical (unpaired) electrons. The number of hydrogen-bond acceptors (Lipinski definition) is 5. The van der Waals surface area contributed by atoms with Gasteiger partial charge < -0.3 is 19.7 Å². The summed E-state index contributed by atoms with van der Waals surface area (Å²) in [5.74, 6) is 0.296. The number of phenolic OH excluding ortho intramolecular Hbond substituents is 2. The number of carbonyl (C=O) groups is 1. The third-order valence-corrected chi connectivity index (χ3v) is 3.09. The molecule has 0 aliphatic carbocycles. The maximum atomic E-state index is 12.0. The summed E-state index contributed by atoms with van der Waals surface area (Å²) in [4.78, 5) is 12.0. The van der Waals surface area contributed by atoms with Gasteiger partial charge in [0, 0.05) is 5.56 Å². The average molecular weight is 300 g/mol. The molecule has 0 saturated carbocycles. The lowest BCUT2D eigenvalue weighted by molar-refractivity contribution is 0.104. The molecule has 0 aliphatic heterocycles. The second-order valence-electron chi connectivity index (χ2n) is 4.52. The monoisotopic (exact) mass is 300 g/mol. The molecular weight excluding hydrogens is 284 g/mol. The number of ketones is 1. The largest absolute Gasteiger partial charge is 0.504 e. The third-order valence-electron chi connectivity index (χ3n) is 3.09. The second-order valence-corrected chi connectivity index (χ2v) is 4.52. The molecule has 5 heteroatoms. The number of benzene rings is 2. The summed E-state index contributed by atoms with van der Waals surface area (Å²) in [5, 5.41) is 18.6. The number of phenols is 2. The minimum absolute atomic E-state index is 0.263. The van der Waals surface area contributed by atoms with Gasteiger partial charge in [-0.3, -0.25) is 4.79 Å². The predicted octanol–water partition coefficient (Wildman–Crippen LogP) is 3.01. The van der Waals surface area contributed by atoms with Crippen molar-refractivity contribution >= 4 is 11.9 Å². The van der Waals surface area contributed by atoms with Gasteiger partial charge in [-0.1, -0.05) is 12.1 Å². The predicted molar refractivity (Wildman–Crippen MR) is 82.7 cm³/mol. The van der Waals surface area contributed by atoms with Crippen LogP contribution < -0.4 is 9.47 Å². The molecule has 0 heterocycles. The molecule has 0 amide bonds. The fourth-order valence-electron chi connectivity index (χ4n) is 1.90. The van der Waals surface area contributed by atoms with E-state index >= 15 is 0 Å². The molecule has 0 aromatic heterocycles. The molecule has 0 spiro atoms. The quantitative estimate of drug-likeness (QED) is 0.504. The van der Waals surface area contributed by atoms with Gasteiger partial charge in [-0.05, 0) is 42.0 Å². The van der Waals surface area contributed by atoms with E-state index in [4.69, 9.17) is 9.47 Å². The van der Waals surface area contributed by atoms with Crippen LogP contribution in [0.1, 0.15) is 15.9 Å². The first-order chi connectivity index (χ1) is 10.5. The first-order valence-electron chi connectivity index (χ1n) is 6.51. The van der Waals surface area contributed by atoms with Crippen molar-refractivity contribution in [2.24, 2.45) is 0 Å². The summed E-state index contributed by atoms with van der Waals surface area (Å²) in [6, 6.07) is 9.21. The average Bonchev–Trinajstić information content (AvgIpc) is 2.54. The molecule has 2 N–H and O–H groups in total. The number of allylic oxidation sites excluding steroid dienone is 1. The Morgan fingerprint density at radius 3 is 2.32 bits per heavy atom. The molecule has 22 heavy (non-hydrogen) atoms. The van der Waals surface area contributed by atoms with Crippen LogP contribution in [0.25, 0.3) is 6.08 Å². The molecule has 0 fully saturated rings. The maximum Gasteiger partial charge on any atom is 0.185 e. The molecule has 114 valence electrons. The molecule has 2 aromatic carbocycles. The van der Waals surface area contributed by atoms with E-state index in [0.29, 0.717) is 11.5 Å². The molecule has 0 unspecified atom stereocenters. The fourth-order valence-corrected chi connectivity index (χ4v) is 1.90. The zero-order chi connectivity index (χ0) is 16.1. The van der Waals surface area contributed by atoms with Crippen molar-refractivity contribution in [3.8, 4) is 23.0 Å². The van der Waals surface area contributed by atoms with Crippen LogP contribution >= 0.6 is 0 Å². The Kier molecular flexibility index (Phi) is 4.68. The summed E-state index contributed by atoms with van der Waals surface area (Å²) in [5.41, 5.74) is 1.06. The Labute approximate surface area is 128 Å². The molecule has 2 rings (SSSR count). The lowest BCUT2D eigenvalue weighted by Gasteiger charge is -2.07. The van der Waals surface area contributed by atoms with E-state index in [2.05, 4.69) is 0 Å². The van der Waals surface area contributed by atoms with Gasteiger partial charge in [0.25, 0.3) is 0 Å². The van der Waals surface area contributed by atoms with Gasteiger partial charge in [0.15, 0.2) is 28.8 Å². The van der Waals surface area contributed by atoms with Crippen LogP contribution in [0.15, 0.2) is 42.5 Å². The van der Waals surface area contributed by atoms with Gasteiger partial charge in [0.2, 0.25) is 0 Å². The molecule has 0 atom stereocenters. The van der Waals surface area contributed by atoms with Crippen LogP contribution in [0.2, 0.25) is 0 Å². The van der Waals surface area contributed by atoms with Gasteiger partial charge >= 0.3 is 0 Å². The van der Waals surface area contributed by atoms with Crippen molar-refractivity contribution in [3.05, 3.63) is 53.6 Å². The van der Waals surface area contributed by atoms with Gasteiger partial charge in [-0.25, -0.2) is 0 Å². The maximum absolute atomic E-state index is 12.0. The van der Waals surface area contributed by atoms with Gasteiger partial charge in [0.05, 0.1) is 14.2 Å². The van der Waals surface area contributed by atoms with Crippen LogP contribution in [-0.4, -0.2) is 30.2 Å². The van der Waals surface area contributed by atoms with E-state index in [1.807, 2.05) is 0 Å². The molecule has 0 aliphatic rings. The van der Waals surface area contributed by atoms with E-state index in [1.165, 1.54) is 31.4 Å². The number of rotatable bonds is 5. The SMILES string of the molecule is COc1ccc(/C=C/C(=O)c2ccc(O)c(O)c2)cc1OC. The molecule has 2 aromatic rings. The van der Waals surface area contributed by atoms with Crippen LogP contribution in [0.3, 0.4) is 0 Å². The number of methoxy groups -OCH3 is 2. The molecule has 0 bridgehead atoms. The fraction of sp³-hybridized carbons (Fsp3) is 0.118. The van der Waals surface area contributed by atoms with E-state index < -0.39 is 0 Å². The summed E-state index contributed by atoms with van der Waals surface area (Å²) in [6.07, 6.45) is 3.02. The summed E-state index contributed by atoms with van der Waals surface area (Å²) in [6.45, 7) is 0. The van der Waals surface area contributed by atoms with Crippen LogP contribution in [0, 0.1) is 0 Å². The summed E-state index contributed by atoms with van der Waals surface area (Å²) >= 11 is 0. The van der Waals surface area contributed by atoms with Crippen molar-refractivity contribution in [1.29, 1.82) is 0 Å². The Morgan fingerprint density at radius 2 is 1.68 bits per heavy atom. The topological polar surface area (TPSA) is 76.0 Å². The van der Waals surface area contributed by atoms with E-state index in [9.17, 15) is 15.0 Å². The van der Waals surface area contributed by atoms with E-state index in [1.54, 1.807) is 31.4 Å². The standard InChI is InChI=1S/C17H16O5/c1-21-16-8-4-11(9-17(16)22-2)3-6-13(18)12-5-7-14(19)15(20)10-12/h3-10,19-20H,1-2H3/b6-3+. The normalized spacial score (nSPS) is 10.6. The number of carbonyl (C=O) groups excluding carboxylic acids is 1. The van der Waals surface area contributed by atoms with Crippen molar-refractivity contribution in [2.45, 2.75) is 0 Å². The zero-order valence-electron chi connectivity index (χ0n) is 12.2. The highest BCUT2D eigenvalue weighted by Crippen LogP contribution is 2.28. The van der Waals surface area contributed by atoms with E-state index in [0.717, 1.165) is 5.56 Å². The highest BCUT2D eigenvalue weighted by Gasteiger charge is 2.07. The number of aromatic hydroxyl groups is 2. The van der Waals surface area contributed by atoms with Gasteiger partial charge in [0.1, 0.15) is 0 Å². The highest BCUT2D eigenvalue weighted by atomic mass is 16.5. The number of ether oxygens (including phenoxy) is 2. The smallest absolute Gasteiger partial charge is 0.185 e. The van der Waals surface area contributed by atoms with E-state index in [-0.39, 0.29) is 22.8 Å². The van der Waals surface area contributed by atoms with Crippen molar-refractivity contribution in [1.82, 2.24) is 0 Å². The Morgan fingerprint density at radius 1 is 0.955 bits per heavy atom. The number of hydrogen-bond donors (Lipinski definition) is 2. The second kappa shape index (κ2) is 6.67. The zero-order valence-corrected chi connectivity index (χ0v) is 12.2.